The second kappa shape index (κ2) is 11.9. The topological polar surface area (TPSA) is 113 Å². The Morgan fingerprint density at radius 1 is 1.05 bits per heavy atom. The Morgan fingerprint density at radius 2 is 1.85 bits per heavy atom. The highest BCUT2D eigenvalue weighted by atomic mass is 35.5. The number of nitrogens with zero attached hydrogens (tertiary/aromatic N) is 5. The number of sulfonamides is 1. The summed E-state index contributed by atoms with van der Waals surface area (Å²) in [5.41, 5.74) is 3.78. The number of pyridine rings is 3. The fraction of sp³-hybridized carbons (Fsp3) is 0.296. The first-order valence-corrected chi connectivity index (χ1v) is 14.7. The van der Waals surface area contributed by atoms with Gasteiger partial charge in [0.2, 0.25) is 15.9 Å². The Labute approximate surface area is 237 Å². The monoisotopic (exact) mass is 585 g/mol. The van der Waals surface area contributed by atoms with Gasteiger partial charge < -0.3 is 15.0 Å². The number of halogens is 2. The van der Waals surface area contributed by atoms with Crippen LogP contribution in [0.4, 0.5) is 21.5 Å². The van der Waals surface area contributed by atoms with E-state index in [1.165, 1.54) is 19.2 Å². The molecule has 0 spiro atoms. The number of nitrogens with one attached hydrogen (secondary N) is 2. The van der Waals surface area contributed by atoms with Crippen LogP contribution in [0.5, 0.6) is 5.88 Å². The fourth-order valence-corrected chi connectivity index (χ4v) is 5.65. The van der Waals surface area contributed by atoms with Gasteiger partial charge in [-0.05, 0) is 49.5 Å². The number of hydrogen-bond acceptors (Lipinski definition) is 9. The predicted molar refractivity (Wildman–Crippen MR) is 155 cm³/mol. The highest BCUT2D eigenvalue weighted by Crippen LogP contribution is 2.31. The molecule has 1 fully saturated rings. The Morgan fingerprint density at radius 3 is 2.60 bits per heavy atom. The van der Waals surface area contributed by atoms with Gasteiger partial charge in [-0.1, -0.05) is 11.6 Å². The van der Waals surface area contributed by atoms with Crippen LogP contribution in [0.1, 0.15) is 0 Å². The lowest BCUT2D eigenvalue weighted by molar-refractivity contribution is 0.161. The minimum Gasteiger partial charge on any atom is -0.480 e. The molecule has 5 rings (SSSR count). The van der Waals surface area contributed by atoms with Crippen molar-refractivity contribution in [2.45, 2.75) is 0 Å². The van der Waals surface area contributed by atoms with Gasteiger partial charge in [-0.15, -0.1) is 0 Å². The molecule has 13 heteroatoms. The van der Waals surface area contributed by atoms with Gasteiger partial charge in [0.25, 0.3) is 0 Å². The van der Waals surface area contributed by atoms with Crippen molar-refractivity contribution in [2.24, 2.45) is 0 Å². The highest BCUT2D eigenvalue weighted by molar-refractivity contribution is 7.92. The average Bonchev–Trinajstić information content (AvgIpc) is 2.94. The van der Waals surface area contributed by atoms with Gasteiger partial charge >= 0.3 is 0 Å². The molecule has 3 aromatic heterocycles. The lowest BCUT2D eigenvalue weighted by Crippen LogP contribution is -2.46. The van der Waals surface area contributed by atoms with Crippen molar-refractivity contribution in [2.75, 3.05) is 62.7 Å². The smallest absolute Gasteiger partial charge is 0.238 e. The van der Waals surface area contributed by atoms with E-state index >= 15 is 0 Å². The summed E-state index contributed by atoms with van der Waals surface area (Å²) in [6.45, 7) is 3.93. The summed E-state index contributed by atoms with van der Waals surface area (Å²) in [7, 11) is -0.173. The molecule has 2 N–H and O–H groups in total. The summed E-state index contributed by atoms with van der Waals surface area (Å²) >= 11 is 5.94. The Bertz CT molecular complexity index is 1630. The molecule has 4 aromatic rings. The molecule has 1 saturated heterocycles. The predicted octanol–water partition coefficient (Wildman–Crippen LogP) is 4.23. The summed E-state index contributed by atoms with van der Waals surface area (Å²) in [5.74, 6) is -0.401. The minimum absolute atomic E-state index is 0.000156. The average molecular weight is 586 g/mol. The standard InChI is InChI=1S/C27H29ClFN7O3S/c1-35-9-11-36(12-10-35)13-14-40(37,38)34-25-15-18(17-31-27(25)39-2)22-5-6-23-26(33-22)24(7-8-30-23)32-19-3-4-21(29)20(28)16-19/h3-8,15-17,34H,9-14H2,1-2H3,(H,30,32). The molecular weight excluding hydrogens is 557 g/mol. The number of aromatic nitrogens is 3. The quantitative estimate of drug-likeness (QED) is 0.298. The summed E-state index contributed by atoms with van der Waals surface area (Å²) in [6, 6.07) is 11.3. The van der Waals surface area contributed by atoms with E-state index in [9.17, 15) is 12.8 Å². The zero-order valence-corrected chi connectivity index (χ0v) is 23.6. The van der Waals surface area contributed by atoms with Crippen LogP contribution in [0.25, 0.3) is 22.3 Å². The van der Waals surface area contributed by atoms with E-state index in [1.54, 1.807) is 36.7 Å². The third kappa shape index (κ3) is 6.58. The molecular formula is C27H29ClFN7O3S. The lowest BCUT2D eigenvalue weighted by Gasteiger charge is -2.32. The maximum Gasteiger partial charge on any atom is 0.238 e. The Hall–Kier alpha value is -3.58. The van der Waals surface area contributed by atoms with Crippen molar-refractivity contribution in [3.8, 4) is 17.1 Å². The molecule has 1 aromatic carbocycles. The van der Waals surface area contributed by atoms with E-state index in [1.807, 2.05) is 6.07 Å². The Kier molecular flexibility index (Phi) is 8.31. The second-order valence-electron chi connectivity index (χ2n) is 9.52. The van der Waals surface area contributed by atoms with Gasteiger partial charge in [-0.3, -0.25) is 14.6 Å². The van der Waals surface area contributed by atoms with Crippen molar-refractivity contribution in [3.63, 3.8) is 0 Å². The number of benzene rings is 1. The van der Waals surface area contributed by atoms with Crippen molar-refractivity contribution < 1.29 is 17.5 Å². The SMILES string of the molecule is COc1ncc(-c2ccc3nccc(Nc4ccc(F)c(Cl)c4)c3n2)cc1NS(=O)(=O)CCN1CCN(C)CC1. The van der Waals surface area contributed by atoms with E-state index in [0.29, 0.717) is 40.2 Å². The van der Waals surface area contributed by atoms with Crippen molar-refractivity contribution in [1.82, 2.24) is 24.8 Å². The van der Waals surface area contributed by atoms with Gasteiger partial charge in [0.1, 0.15) is 17.0 Å². The molecule has 10 nitrogen and oxygen atoms in total. The van der Waals surface area contributed by atoms with Crippen LogP contribution in [0.3, 0.4) is 0 Å². The molecule has 40 heavy (non-hydrogen) atoms. The van der Waals surface area contributed by atoms with Crippen LogP contribution in [0.15, 0.2) is 54.9 Å². The molecule has 4 heterocycles. The van der Waals surface area contributed by atoms with Crippen LogP contribution < -0.4 is 14.8 Å². The molecule has 1 aliphatic heterocycles. The molecule has 0 amide bonds. The van der Waals surface area contributed by atoms with Crippen LogP contribution >= 0.6 is 11.6 Å². The molecule has 0 radical (unpaired) electrons. The lowest BCUT2D eigenvalue weighted by atomic mass is 10.1. The summed E-state index contributed by atoms with van der Waals surface area (Å²) in [5, 5.41) is 3.21. The van der Waals surface area contributed by atoms with Gasteiger partial charge in [0.05, 0.1) is 34.8 Å². The van der Waals surface area contributed by atoms with Crippen LogP contribution in [0.2, 0.25) is 5.02 Å². The van der Waals surface area contributed by atoms with Crippen molar-refractivity contribution >= 4 is 49.7 Å². The third-order valence-corrected chi connectivity index (χ3v) is 8.20. The van der Waals surface area contributed by atoms with Gasteiger partial charge in [0.15, 0.2) is 0 Å². The van der Waals surface area contributed by atoms with E-state index in [-0.39, 0.29) is 22.3 Å². The number of likely N-dealkylation sites (N-methyl/N-ethyl adjacent to an activating group) is 1. The number of ether oxygens (including phenoxy) is 1. The zero-order chi connectivity index (χ0) is 28.3. The van der Waals surface area contributed by atoms with Gasteiger partial charge in [-0.25, -0.2) is 22.8 Å². The largest absolute Gasteiger partial charge is 0.480 e. The molecule has 1 aliphatic rings. The molecule has 0 aliphatic carbocycles. The summed E-state index contributed by atoms with van der Waals surface area (Å²) in [6.07, 6.45) is 3.21. The van der Waals surface area contributed by atoms with Crippen molar-refractivity contribution in [1.29, 1.82) is 0 Å². The van der Waals surface area contributed by atoms with E-state index < -0.39 is 15.8 Å². The first-order valence-electron chi connectivity index (χ1n) is 12.6. The van der Waals surface area contributed by atoms with Crippen LogP contribution in [-0.2, 0) is 10.0 Å². The Balaban J connectivity index is 1.40. The number of fused-ring (bicyclic) bond motifs is 1. The molecule has 0 unspecified atom stereocenters. The molecule has 0 saturated carbocycles. The number of methoxy groups -OCH3 is 1. The van der Waals surface area contributed by atoms with Gasteiger partial charge in [-0.2, -0.15) is 0 Å². The number of piperazine rings is 1. The van der Waals surface area contributed by atoms with Crippen molar-refractivity contribution in [3.05, 3.63) is 65.7 Å². The number of anilines is 3. The maximum atomic E-state index is 13.6. The van der Waals surface area contributed by atoms with Crippen LogP contribution in [-0.4, -0.2) is 85.8 Å². The number of rotatable bonds is 9. The maximum absolute atomic E-state index is 13.6. The minimum atomic E-state index is -3.66. The van der Waals surface area contributed by atoms with E-state index in [2.05, 4.69) is 36.9 Å². The molecule has 0 bridgehead atoms. The number of hydrogen-bond donors (Lipinski definition) is 2. The van der Waals surface area contributed by atoms with E-state index in [4.69, 9.17) is 21.3 Å². The summed E-state index contributed by atoms with van der Waals surface area (Å²) in [4.78, 5) is 17.8. The fourth-order valence-electron chi connectivity index (χ4n) is 4.38. The highest BCUT2D eigenvalue weighted by Gasteiger charge is 2.20. The van der Waals surface area contributed by atoms with Crippen LogP contribution in [0, 0.1) is 5.82 Å². The second-order valence-corrected chi connectivity index (χ2v) is 11.8. The first-order chi connectivity index (χ1) is 19.2. The molecule has 0 atom stereocenters. The first kappa shape index (κ1) is 28.0. The zero-order valence-electron chi connectivity index (χ0n) is 22.1. The third-order valence-electron chi connectivity index (χ3n) is 6.66. The normalized spacial score (nSPS) is 14.8. The summed E-state index contributed by atoms with van der Waals surface area (Å²) < 4.78 is 47.5. The van der Waals surface area contributed by atoms with E-state index in [0.717, 1.165) is 26.2 Å². The molecule has 210 valence electrons. The van der Waals surface area contributed by atoms with Gasteiger partial charge in [0, 0.05) is 56.4 Å².